The Morgan fingerprint density at radius 3 is 2.28 bits per heavy atom. The summed E-state index contributed by atoms with van der Waals surface area (Å²) in [4.78, 5) is 14.8. The molecule has 0 bridgehead atoms. The fraction of sp³-hybridized carbons (Fsp3) is 0.458. The van der Waals surface area contributed by atoms with E-state index in [2.05, 4.69) is 51.2 Å². The van der Waals surface area contributed by atoms with Gasteiger partial charge in [-0.25, -0.2) is 0 Å². The molecule has 1 aliphatic heterocycles. The highest BCUT2D eigenvalue weighted by Gasteiger charge is 2.23. The van der Waals surface area contributed by atoms with Crippen LogP contribution in [0.25, 0.3) is 0 Å². The van der Waals surface area contributed by atoms with E-state index in [1.165, 1.54) is 11.1 Å². The molecule has 0 aliphatic carbocycles. The Labute approximate surface area is 174 Å². The number of amides is 1. The van der Waals surface area contributed by atoms with Crippen molar-refractivity contribution in [1.82, 2.24) is 4.90 Å². The zero-order chi connectivity index (χ0) is 21.0. The van der Waals surface area contributed by atoms with E-state index >= 15 is 0 Å². The Balaban J connectivity index is 1.61. The largest absolute Gasteiger partial charge is 0.486 e. The maximum Gasteiger partial charge on any atom is 0.238 e. The third-order valence-electron chi connectivity index (χ3n) is 5.13. The minimum atomic E-state index is -0.100. The average molecular weight is 397 g/mol. The van der Waals surface area contributed by atoms with Crippen LogP contribution in [-0.4, -0.2) is 43.7 Å². The van der Waals surface area contributed by atoms with Crippen LogP contribution in [-0.2, 0) is 4.79 Å². The topological polar surface area (TPSA) is 50.8 Å². The monoisotopic (exact) mass is 396 g/mol. The van der Waals surface area contributed by atoms with E-state index in [-0.39, 0.29) is 12.0 Å². The second kappa shape index (κ2) is 9.31. The number of hydrogen-bond acceptors (Lipinski definition) is 4. The van der Waals surface area contributed by atoms with Crippen LogP contribution in [0, 0.1) is 0 Å². The summed E-state index contributed by atoms with van der Waals surface area (Å²) in [6.07, 6.45) is -0.100. The van der Waals surface area contributed by atoms with Gasteiger partial charge in [-0.3, -0.25) is 9.69 Å². The highest BCUT2D eigenvalue weighted by Crippen LogP contribution is 2.33. The van der Waals surface area contributed by atoms with E-state index in [1.54, 1.807) is 0 Å². The molecule has 1 unspecified atom stereocenters. The van der Waals surface area contributed by atoms with E-state index in [4.69, 9.17) is 9.47 Å². The molecule has 5 nitrogen and oxygen atoms in total. The third kappa shape index (κ3) is 5.30. The number of carbonyl (C=O) groups excluding carboxylic acids is 1. The van der Waals surface area contributed by atoms with Crippen LogP contribution in [0.2, 0.25) is 0 Å². The molecule has 1 aliphatic rings. The molecule has 2 aromatic carbocycles. The van der Waals surface area contributed by atoms with Gasteiger partial charge in [-0.1, -0.05) is 58.0 Å². The molecule has 0 radical (unpaired) electrons. The molecule has 1 N–H and O–H groups in total. The first-order chi connectivity index (χ1) is 13.8. The average Bonchev–Trinajstić information content (AvgIpc) is 2.67. The minimum Gasteiger partial charge on any atom is -0.486 e. The van der Waals surface area contributed by atoms with E-state index in [9.17, 15) is 4.79 Å². The third-order valence-corrected chi connectivity index (χ3v) is 5.13. The number of ether oxygens (including phenoxy) is 2. The van der Waals surface area contributed by atoms with Crippen LogP contribution in [0.15, 0.2) is 42.5 Å². The maximum atomic E-state index is 12.8. The van der Waals surface area contributed by atoms with Crippen LogP contribution in [0.4, 0.5) is 5.69 Å². The number of hydrogen-bond donors (Lipinski definition) is 1. The number of carbonyl (C=O) groups is 1. The predicted octanol–water partition coefficient (Wildman–Crippen LogP) is 4.64. The van der Waals surface area contributed by atoms with E-state index < -0.39 is 0 Å². The lowest BCUT2D eigenvalue weighted by molar-refractivity contribution is -0.117. The smallest absolute Gasteiger partial charge is 0.238 e. The van der Waals surface area contributed by atoms with Crippen molar-refractivity contribution in [1.29, 1.82) is 0 Å². The van der Waals surface area contributed by atoms with Crippen molar-refractivity contribution in [3.8, 4) is 11.5 Å². The molecule has 2 aromatic rings. The van der Waals surface area contributed by atoms with Gasteiger partial charge in [0.15, 0.2) is 11.5 Å². The summed E-state index contributed by atoms with van der Waals surface area (Å²) in [5, 5.41) is 3.17. The Kier molecular flexibility index (Phi) is 6.80. The van der Waals surface area contributed by atoms with Gasteiger partial charge in [-0.05, 0) is 42.1 Å². The second-order valence-electron chi connectivity index (χ2n) is 8.36. The lowest BCUT2D eigenvalue weighted by atomic mass is 9.92. The summed E-state index contributed by atoms with van der Waals surface area (Å²) in [5.41, 5.74) is 3.31. The fourth-order valence-electron chi connectivity index (χ4n) is 3.68. The number of nitrogens with one attached hydrogen (secondary N) is 1. The molecule has 1 atom stereocenters. The van der Waals surface area contributed by atoms with Crippen LogP contribution in [0.1, 0.15) is 50.7 Å². The zero-order valence-corrected chi connectivity index (χ0v) is 18.1. The van der Waals surface area contributed by atoms with Crippen molar-refractivity contribution < 1.29 is 14.3 Å². The van der Waals surface area contributed by atoms with Gasteiger partial charge in [0.2, 0.25) is 5.91 Å². The van der Waals surface area contributed by atoms with Crippen LogP contribution in [0.5, 0.6) is 11.5 Å². The first-order valence-corrected chi connectivity index (χ1v) is 10.3. The summed E-state index contributed by atoms with van der Waals surface area (Å²) in [7, 11) is 1.93. The number of fused-ring (bicyclic) bond motifs is 1. The highest BCUT2D eigenvalue weighted by atomic mass is 16.6. The van der Waals surface area contributed by atoms with Crippen molar-refractivity contribution in [2.45, 2.75) is 45.6 Å². The quantitative estimate of drug-likeness (QED) is 0.740. The van der Waals surface area contributed by atoms with Gasteiger partial charge in [0.1, 0.15) is 12.7 Å². The standard InChI is InChI=1S/C24H32N2O3/c1-16(2)19-9-8-10-20(17(3)4)24(19)25-23(27)14-26(5)13-18-15-28-21-11-6-7-12-22(21)29-18/h6-12,16-18H,13-15H2,1-5H3,(H,25,27). The summed E-state index contributed by atoms with van der Waals surface area (Å²) in [6, 6.07) is 13.9. The molecule has 0 saturated heterocycles. The molecule has 0 saturated carbocycles. The van der Waals surface area contributed by atoms with Crippen molar-refractivity contribution in [3.63, 3.8) is 0 Å². The molecule has 29 heavy (non-hydrogen) atoms. The van der Waals surface area contributed by atoms with Crippen molar-refractivity contribution >= 4 is 11.6 Å². The minimum absolute atomic E-state index is 0.0142. The Morgan fingerprint density at radius 2 is 1.66 bits per heavy atom. The van der Waals surface area contributed by atoms with Gasteiger partial charge in [0, 0.05) is 12.2 Å². The van der Waals surface area contributed by atoms with Gasteiger partial charge in [-0.2, -0.15) is 0 Å². The van der Waals surface area contributed by atoms with E-state index in [0.717, 1.165) is 17.2 Å². The van der Waals surface area contributed by atoms with Crippen molar-refractivity contribution in [2.24, 2.45) is 0 Å². The lowest BCUT2D eigenvalue weighted by Crippen LogP contribution is -2.42. The van der Waals surface area contributed by atoms with Gasteiger partial charge < -0.3 is 14.8 Å². The number of anilines is 1. The number of para-hydroxylation sites is 3. The molecule has 0 spiro atoms. The molecular weight excluding hydrogens is 364 g/mol. The normalized spacial score (nSPS) is 15.8. The molecule has 3 rings (SSSR count). The zero-order valence-electron chi connectivity index (χ0n) is 18.1. The molecule has 0 fully saturated rings. The van der Waals surface area contributed by atoms with Crippen LogP contribution >= 0.6 is 0 Å². The number of nitrogens with zero attached hydrogens (tertiary/aromatic N) is 1. The summed E-state index contributed by atoms with van der Waals surface area (Å²) in [5.74, 6) is 2.20. The molecule has 0 aromatic heterocycles. The van der Waals surface area contributed by atoms with Crippen LogP contribution < -0.4 is 14.8 Å². The van der Waals surface area contributed by atoms with Gasteiger partial charge in [-0.15, -0.1) is 0 Å². The molecule has 156 valence electrons. The van der Waals surface area contributed by atoms with Crippen LogP contribution in [0.3, 0.4) is 0 Å². The number of rotatable bonds is 7. The van der Waals surface area contributed by atoms with Gasteiger partial charge in [0.05, 0.1) is 6.54 Å². The highest BCUT2D eigenvalue weighted by molar-refractivity contribution is 5.94. The van der Waals surface area contributed by atoms with E-state index in [0.29, 0.717) is 31.5 Å². The summed E-state index contributed by atoms with van der Waals surface area (Å²) < 4.78 is 11.8. The van der Waals surface area contributed by atoms with Gasteiger partial charge >= 0.3 is 0 Å². The maximum absolute atomic E-state index is 12.8. The number of likely N-dealkylation sites (N-methyl/N-ethyl adjacent to an activating group) is 1. The van der Waals surface area contributed by atoms with Crippen molar-refractivity contribution in [2.75, 3.05) is 32.1 Å². The Bertz CT molecular complexity index is 822. The molecule has 5 heteroatoms. The molecular formula is C24H32N2O3. The Morgan fingerprint density at radius 1 is 1.03 bits per heavy atom. The fourth-order valence-corrected chi connectivity index (χ4v) is 3.68. The van der Waals surface area contributed by atoms with E-state index in [1.807, 2.05) is 36.2 Å². The summed E-state index contributed by atoms with van der Waals surface area (Å²) >= 11 is 0. The first kappa shape index (κ1) is 21.2. The first-order valence-electron chi connectivity index (χ1n) is 10.3. The predicted molar refractivity (Wildman–Crippen MR) is 117 cm³/mol. The SMILES string of the molecule is CC(C)c1cccc(C(C)C)c1NC(=O)CN(C)CC1COc2ccccc2O1. The lowest BCUT2D eigenvalue weighted by Gasteiger charge is -2.29. The second-order valence-corrected chi connectivity index (χ2v) is 8.36. The number of benzene rings is 2. The van der Waals surface area contributed by atoms with Crippen molar-refractivity contribution in [3.05, 3.63) is 53.6 Å². The summed E-state index contributed by atoms with van der Waals surface area (Å²) in [6.45, 7) is 10.0. The van der Waals surface area contributed by atoms with Gasteiger partial charge in [0.25, 0.3) is 0 Å². The molecule has 1 heterocycles. The Hall–Kier alpha value is -2.53. The molecule has 1 amide bonds.